The van der Waals surface area contributed by atoms with Gasteiger partial charge in [-0.25, -0.2) is 12.8 Å². The van der Waals surface area contributed by atoms with Crippen LogP contribution in [0.4, 0.5) is 4.39 Å². The molecular weight excluding hydrogens is 325 g/mol. The zero-order chi connectivity index (χ0) is 15.6. The van der Waals surface area contributed by atoms with E-state index in [4.69, 9.17) is 16.3 Å². The van der Waals surface area contributed by atoms with Gasteiger partial charge in [-0.3, -0.25) is 4.79 Å². The average molecular weight is 338 g/mol. The summed E-state index contributed by atoms with van der Waals surface area (Å²) in [5, 5.41) is 8.82. The molecule has 1 aromatic rings. The van der Waals surface area contributed by atoms with Gasteiger partial charge in [0.1, 0.15) is 11.9 Å². The third kappa shape index (κ3) is 3.70. The molecule has 21 heavy (non-hydrogen) atoms. The maximum atomic E-state index is 13.1. The molecule has 1 aliphatic heterocycles. The lowest BCUT2D eigenvalue weighted by atomic mass is 10.0. The van der Waals surface area contributed by atoms with Crippen molar-refractivity contribution in [2.24, 2.45) is 5.92 Å². The number of carboxylic acid groups (broad SMARTS) is 1. The first-order valence-electron chi connectivity index (χ1n) is 6.09. The summed E-state index contributed by atoms with van der Waals surface area (Å²) in [4.78, 5) is 11.0. The van der Waals surface area contributed by atoms with Crippen molar-refractivity contribution in [3.8, 4) is 0 Å². The zero-order valence-electron chi connectivity index (χ0n) is 10.8. The van der Waals surface area contributed by atoms with Crippen LogP contribution in [0, 0.1) is 11.7 Å². The van der Waals surface area contributed by atoms with Crippen LogP contribution in [0.1, 0.15) is 6.42 Å². The van der Waals surface area contributed by atoms with Crippen molar-refractivity contribution < 1.29 is 27.4 Å². The van der Waals surface area contributed by atoms with Crippen LogP contribution >= 0.6 is 11.6 Å². The van der Waals surface area contributed by atoms with Crippen molar-refractivity contribution >= 4 is 27.6 Å². The molecule has 0 spiro atoms. The largest absolute Gasteiger partial charge is 0.480 e. The Balaban J connectivity index is 2.25. The molecule has 116 valence electrons. The Kier molecular flexibility index (Phi) is 4.82. The van der Waals surface area contributed by atoms with Gasteiger partial charge in [0.05, 0.1) is 16.5 Å². The standard InChI is InChI=1S/C12H13ClFNO5S/c13-9-5-8(1-2-10(9)14)21(18,19)15-11(12(16)17)7-3-4-20-6-7/h1-2,5,7,11,15H,3-4,6H2,(H,16,17). The van der Waals surface area contributed by atoms with E-state index in [-0.39, 0.29) is 16.5 Å². The number of sulfonamides is 1. The Hall–Kier alpha value is -1.22. The first-order chi connectivity index (χ1) is 9.81. The number of hydrogen-bond acceptors (Lipinski definition) is 4. The van der Waals surface area contributed by atoms with E-state index in [0.29, 0.717) is 13.0 Å². The molecule has 0 bridgehead atoms. The first-order valence-corrected chi connectivity index (χ1v) is 7.95. The summed E-state index contributed by atoms with van der Waals surface area (Å²) >= 11 is 5.54. The topological polar surface area (TPSA) is 92.7 Å². The highest BCUT2D eigenvalue weighted by atomic mass is 35.5. The van der Waals surface area contributed by atoms with Gasteiger partial charge in [0.2, 0.25) is 10.0 Å². The second-order valence-electron chi connectivity index (χ2n) is 4.64. The number of aliphatic carboxylic acids is 1. The van der Waals surface area contributed by atoms with Gasteiger partial charge in [0, 0.05) is 12.5 Å². The second-order valence-corrected chi connectivity index (χ2v) is 6.76. The quantitative estimate of drug-likeness (QED) is 0.843. The van der Waals surface area contributed by atoms with Crippen molar-refractivity contribution in [3.05, 3.63) is 29.0 Å². The van der Waals surface area contributed by atoms with Gasteiger partial charge in [0.25, 0.3) is 0 Å². The van der Waals surface area contributed by atoms with E-state index in [1.54, 1.807) is 0 Å². The predicted octanol–water partition coefficient (Wildman–Crippen LogP) is 1.25. The van der Waals surface area contributed by atoms with Gasteiger partial charge in [-0.1, -0.05) is 11.6 Å². The normalized spacial score (nSPS) is 20.4. The summed E-state index contributed by atoms with van der Waals surface area (Å²) in [6, 6.07) is 1.56. The highest BCUT2D eigenvalue weighted by Gasteiger charge is 2.35. The van der Waals surface area contributed by atoms with Gasteiger partial charge < -0.3 is 9.84 Å². The van der Waals surface area contributed by atoms with Crippen molar-refractivity contribution in [3.63, 3.8) is 0 Å². The van der Waals surface area contributed by atoms with Gasteiger partial charge in [-0.15, -0.1) is 0 Å². The van der Waals surface area contributed by atoms with Crippen molar-refractivity contribution in [2.45, 2.75) is 17.4 Å². The minimum atomic E-state index is -4.12. The van der Waals surface area contributed by atoms with Crippen LogP contribution in [0.3, 0.4) is 0 Å². The third-order valence-electron chi connectivity index (χ3n) is 3.19. The Bertz CT molecular complexity index is 645. The SMILES string of the molecule is O=C(O)C(NS(=O)(=O)c1ccc(F)c(Cl)c1)C1CCOC1. The summed E-state index contributed by atoms with van der Waals surface area (Å²) in [7, 11) is -4.12. The number of carbonyl (C=O) groups is 1. The fourth-order valence-electron chi connectivity index (χ4n) is 2.04. The maximum absolute atomic E-state index is 13.1. The second kappa shape index (κ2) is 6.27. The lowest BCUT2D eigenvalue weighted by Gasteiger charge is -2.19. The molecule has 0 aliphatic carbocycles. The van der Waals surface area contributed by atoms with E-state index >= 15 is 0 Å². The zero-order valence-corrected chi connectivity index (χ0v) is 12.3. The highest BCUT2D eigenvalue weighted by molar-refractivity contribution is 7.89. The van der Waals surface area contributed by atoms with Crippen LogP contribution in [-0.4, -0.2) is 38.7 Å². The lowest BCUT2D eigenvalue weighted by molar-refractivity contribution is -0.140. The minimum Gasteiger partial charge on any atom is -0.480 e. The highest BCUT2D eigenvalue weighted by Crippen LogP contribution is 2.22. The number of carboxylic acids is 1. The molecule has 6 nitrogen and oxygen atoms in total. The maximum Gasteiger partial charge on any atom is 0.322 e. The molecule has 0 amide bonds. The average Bonchev–Trinajstić information content (AvgIpc) is 2.92. The van der Waals surface area contributed by atoms with E-state index in [9.17, 15) is 22.7 Å². The fraction of sp³-hybridized carbons (Fsp3) is 0.417. The van der Waals surface area contributed by atoms with E-state index in [1.807, 2.05) is 0 Å². The minimum absolute atomic E-state index is 0.170. The first kappa shape index (κ1) is 16.2. The number of nitrogens with one attached hydrogen (secondary N) is 1. The Morgan fingerprint density at radius 2 is 2.24 bits per heavy atom. The Morgan fingerprint density at radius 3 is 2.76 bits per heavy atom. The monoisotopic (exact) mass is 337 g/mol. The van der Waals surface area contributed by atoms with Gasteiger partial charge in [0.15, 0.2) is 0 Å². The molecule has 2 unspecified atom stereocenters. The smallest absolute Gasteiger partial charge is 0.322 e. The van der Waals surface area contributed by atoms with Gasteiger partial charge in [-0.05, 0) is 24.6 Å². The molecule has 1 fully saturated rings. The summed E-state index contributed by atoms with van der Waals surface area (Å²) in [6.07, 6.45) is 0.448. The summed E-state index contributed by atoms with van der Waals surface area (Å²) in [6.45, 7) is 0.558. The van der Waals surface area contributed by atoms with Gasteiger partial charge >= 0.3 is 5.97 Å². The van der Waals surface area contributed by atoms with Crippen LogP contribution in [0.2, 0.25) is 5.02 Å². The number of benzene rings is 1. The molecule has 9 heteroatoms. The summed E-state index contributed by atoms with van der Waals surface area (Å²) in [5.74, 6) is -2.50. The number of halogens is 2. The van der Waals surface area contributed by atoms with E-state index in [0.717, 1.165) is 18.2 Å². The molecular formula is C12H13ClFNO5S. The number of ether oxygens (including phenoxy) is 1. The summed E-state index contributed by atoms with van der Waals surface area (Å²) < 4.78 is 44.6. The van der Waals surface area contributed by atoms with Crippen molar-refractivity contribution in [2.75, 3.05) is 13.2 Å². The van der Waals surface area contributed by atoms with E-state index < -0.39 is 33.8 Å². The summed E-state index contributed by atoms with van der Waals surface area (Å²) in [5.41, 5.74) is 0. The third-order valence-corrected chi connectivity index (χ3v) is 4.91. The molecule has 0 radical (unpaired) electrons. The molecule has 2 atom stereocenters. The van der Waals surface area contributed by atoms with Crippen LogP contribution in [0.15, 0.2) is 23.1 Å². The molecule has 2 rings (SSSR count). The number of hydrogen-bond donors (Lipinski definition) is 2. The molecule has 2 N–H and O–H groups in total. The van der Waals surface area contributed by atoms with Crippen LogP contribution in [0.25, 0.3) is 0 Å². The van der Waals surface area contributed by atoms with Gasteiger partial charge in [-0.2, -0.15) is 4.72 Å². The molecule has 1 aliphatic rings. The Labute approximate surface area is 125 Å². The number of rotatable bonds is 5. The fourth-order valence-corrected chi connectivity index (χ4v) is 3.57. The van der Waals surface area contributed by atoms with Crippen molar-refractivity contribution in [1.29, 1.82) is 0 Å². The molecule has 1 heterocycles. The van der Waals surface area contributed by atoms with Crippen LogP contribution < -0.4 is 4.72 Å². The van der Waals surface area contributed by atoms with E-state index in [2.05, 4.69) is 4.72 Å². The molecule has 0 saturated carbocycles. The Morgan fingerprint density at radius 1 is 1.52 bits per heavy atom. The molecule has 0 aromatic heterocycles. The molecule has 1 saturated heterocycles. The van der Waals surface area contributed by atoms with Crippen LogP contribution in [0.5, 0.6) is 0 Å². The molecule has 1 aromatic carbocycles. The predicted molar refractivity (Wildman–Crippen MR) is 72.1 cm³/mol. The van der Waals surface area contributed by atoms with Crippen molar-refractivity contribution in [1.82, 2.24) is 4.72 Å². The van der Waals surface area contributed by atoms with E-state index in [1.165, 1.54) is 0 Å². The van der Waals surface area contributed by atoms with Crippen LogP contribution in [-0.2, 0) is 19.6 Å². The lowest BCUT2D eigenvalue weighted by Crippen LogP contribution is -2.46.